The number of methoxy groups -OCH3 is 1. The summed E-state index contributed by atoms with van der Waals surface area (Å²) in [6.07, 6.45) is 0. The molecular weight excluding hydrogens is 328 g/mol. The number of pyridine rings is 1. The number of aromatic amines is 1. The van der Waals surface area contributed by atoms with Crippen LogP contribution in [0.2, 0.25) is 0 Å². The van der Waals surface area contributed by atoms with Gasteiger partial charge in [0.05, 0.1) is 18.1 Å². The third-order valence-corrected chi connectivity index (χ3v) is 3.95. The number of para-hydroxylation sites is 2. The lowest BCUT2D eigenvalue weighted by molar-refractivity contribution is 0.102. The van der Waals surface area contributed by atoms with Crippen molar-refractivity contribution in [2.24, 2.45) is 0 Å². The third kappa shape index (κ3) is 3.12. The van der Waals surface area contributed by atoms with E-state index in [2.05, 4.69) is 20.3 Å². The van der Waals surface area contributed by atoms with Crippen LogP contribution < -0.4 is 10.1 Å². The molecule has 2 heterocycles. The molecule has 0 bridgehead atoms. The van der Waals surface area contributed by atoms with Crippen molar-refractivity contribution < 1.29 is 9.53 Å². The predicted octanol–water partition coefficient (Wildman–Crippen LogP) is 3.89. The molecule has 0 radical (unpaired) electrons. The molecule has 26 heavy (non-hydrogen) atoms. The molecule has 0 saturated heterocycles. The van der Waals surface area contributed by atoms with Crippen LogP contribution in [0.3, 0.4) is 0 Å². The van der Waals surface area contributed by atoms with Gasteiger partial charge in [-0.3, -0.25) is 4.79 Å². The van der Waals surface area contributed by atoms with Crippen LogP contribution in [0.5, 0.6) is 5.75 Å². The zero-order valence-corrected chi connectivity index (χ0v) is 14.1. The van der Waals surface area contributed by atoms with Gasteiger partial charge in [-0.15, -0.1) is 0 Å². The van der Waals surface area contributed by atoms with Crippen LogP contribution in [0.25, 0.3) is 22.6 Å². The molecule has 0 fully saturated rings. The van der Waals surface area contributed by atoms with Crippen LogP contribution in [0.15, 0.2) is 66.7 Å². The van der Waals surface area contributed by atoms with E-state index in [0.29, 0.717) is 28.6 Å². The van der Waals surface area contributed by atoms with Crippen LogP contribution in [-0.4, -0.2) is 28.0 Å². The van der Waals surface area contributed by atoms with Crippen LogP contribution in [0, 0.1) is 0 Å². The van der Waals surface area contributed by atoms with E-state index in [4.69, 9.17) is 4.74 Å². The van der Waals surface area contributed by atoms with Gasteiger partial charge in [0.15, 0.2) is 5.82 Å². The summed E-state index contributed by atoms with van der Waals surface area (Å²) in [5.74, 6) is 1.49. The highest BCUT2D eigenvalue weighted by Crippen LogP contribution is 2.20. The van der Waals surface area contributed by atoms with Gasteiger partial charge in [0, 0.05) is 5.56 Å². The lowest BCUT2D eigenvalue weighted by Gasteiger charge is -2.07. The number of carbonyl (C=O) groups excluding carboxylic acids is 1. The maximum Gasteiger partial charge on any atom is 0.256 e. The highest BCUT2D eigenvalue weighted by atomic mass is 16.5. The van der Waals surface area contributed by atoms with Crippen molar-refractivity contribution in [1.82, 2.24) is 15.0 Å². The summed E-state index contributed by atoms with van der Waals surface area (Å²) in [6, 6.07) is 20.2. The minimum atomic E-state index is -0.252. The van der Waals surface area contributed by atoms with Crippen molar-refractivity contribution >= 4 is 22.8 Å². The molecule has 2 N–H and O–H groups in total. The monoisotopic (exact) mass is 344 g/mol. The second kappa shape index (κ2) is 6.68. The summed E-state index contributed by atoms with van der Waals surface area (Å²) >= 11 is 0. The number of anilines is 1. The van der Waals surface area contributed by atoms with E-state index < -0.39 is 0 Å². The number of nitrogens with zero attached hydrogens (tertiary/aromatic N) is 2. The molecule has 1 amide bonds. The first-order valence-corrected chi connectivity index (χ1v) is 8.10. The summed E-state index contributed by atoms with van der Waals surface area (Å²) in [6.45, 7) is 0. The molecule has 0 atom stereocenters. The summed E-state index contributed by atoms with van der Waals surface area (Å²) in [7, 11) is 1.56. The Balaban J connectivity index is 1.60. The highest BCUT2D eigenvalue weighted by Gasteiger charge is 2.10. The SMILES string of the molecule is COc1cccc(C(=O)Nc2cccc(-c3nc4ccccc4[nH]3)n2)c1. The lowest BCUT2D eigenvalue weighted by atomic mass is 10.2. The quantitative estimate of drug-likeness (QED) is 0.589. The average Bonchev–Trinajstić information content (AvgIpc) is 3.12. The van der Waals surface area contributed by atoms with Gasteiger partial charge < -0.3 is 15.0 Å². The zero-order valence-electron chi connectivity index (χ0n) is 14.1. The number of benzene rings is 2. The topological polar surface area (TPSA) is 79.9 Å². The molecule has 2 aromatic heterocycles. The van der Waals surface area contributed by atoms with Gasteiger partial charge in [0.1, 0.15) is 17.3 Å². The molecule has 0 saturated carbocycles. The van der Waals surface area contributed by atoms with Gasteiger partial charge in [0.25, 0.3) is 5.91 Å². The van der Waals surface area contributed by atoms with Crippen LogP contribution in [0.4, 0.5) is 5.82 Å². The van der Waals surface area contributed by atoms with Crippen LogP contribution >= 0.6 is 0 Å². The van der Waals surface area contributed by atoms with E-state index >= 15 is 0 Å². The molecule has 6 heteroatoms. The van der Waals surface area contributed by atoms with Crippen LogP contribution in [-0.2, 0) is 0 Å². The molecule has 4 rings (SSSR count). The first-order valence-electron chi connectivity index (χ1n) is 8.10. The Labute approximate surface area is 149 Å². The standard InChI is InChI=1S/C20H16N4O2/c1-26-14-7-4-6-13(12-14)20(25)24-18-11-5-10-17(21-18)19-22-15-8-2-3-9-16(15)23-19/h2-12H,1H3,(H,22,23)(H,21,24,25). The third-order valence-electron chi connectivity index (χ3n) is 3.95. The van der Waals surface area contributed by atoms with Gasteiger partial charge >= 0.3 is 0 Å². The molecule has 6 nitrogen and oxygen atoms in total. The van der Waals surface area contributed by atoms with Gasteiger partial charge in [-0.05, 0) is 42.5 Å². The Morgan fingerprint density at radius 1 is 1.00 bits per heavy atom. The van der Waals surface area contributed by atoms with Crippen molar-refractivity contribution in [2.45, 2.75) is 0 Å². The van der Waals surface area contributed by atoms with Crippen molar-refractivity contribution in [3.05, 3.63) is 72.3 Å². The first kappa shape index (κ1) is 15.8. The summed E-state index contributed by atoms with van der Waals surface area (Å²) < 4.78 is 5.15. The summed E-state index contributed by atoms with van der Waals surface area (Å²) in [5.41, 5.74) is 2.97. The number of amides is 1. The molecule has 0 spiro atoms. The van der Waals surface area contributed by atoms with E-state index in [1.807, 2.05) is 36.4 Å². The lowest BCUT2D eigenvalue weighted by Crippen LogP contribution is -2.13. The van der Waals surface area contributed by atoms with Crippen molar-refractivity contribution in [3.63, 3.8) is 0 Å². The van der Waals surface area contributed by atoms with E-state index in [0.717, 1.165) is 11.0 Å². The van der Waals surface area contributed by atoms with Crippen molar-refractivity contribution in [1.29, 1.82) is 0 Å². The van der Waals surface area contributed by atoms with Gasteiger partial charge in [-0.25, -0.2) is 9.97 Å². The van der Waals surface area contributed by atoms with E-state index in [1.54, 1.807) is 37.4 Å². The molecule has 128 valence electrons. The molecule has 2 aromatic carbocycles. The zero-order chi connectivity index (χ0) is 17.9. The fourth-order valence-corrected chi connectivity index (χ4v) is 2.66. The van der Waals surface area contributed by atoms with E-state index in [-0.39, 0.29) is 5.91 Å². The minimum Gasteiger partial charge on any atom is -0.497 e. The van der Waals surface area contributed by atoms with Gasteiger partial charge in [-0.2, -0.15) is 0 Å². The number of carbonyl (C=O) groups is 1. The highest BCUT2D eigenvalue weighted by molar-refractivity contribution is 6.04. The molecule has 4 aromatic rings. The number of aromatic nitrogens is 3. The summed E-state index contributed by atoms with van der Waals surface area (Å²) in [5, 5.41) is 2.81. The van der Waals surface area contributed by atoms with Crippen molar-refractivity contribution in [2.75, 3.05) is 12.4 Å². The van der Waals surface area contributed by atoms with Gasteiger partial charge in [0.2, 0.25) is 0 Å². The minimum absolute atomic E-state index is 0.252. The molecular formula is C20H16N4O2. The predicted molar refractivity (Wildman–Crippen MR) is 100 cm³/mol. The molecule has 0 aliphatic rings. The van der Waals surface area contributed by atoms with E-state index in [1.165, 1.54) is 0 Å². The number of ether oxygens (including phenoxy) is 1. The largest absolute Gasteiger partial charge is 0.497 e. The fraction of sp³-hybridized carbons (Fsp3) is 0.0500. The number of fused-ring (bicyclic) bond motifs is 1. The number of hydrogen-bond acceptors (Lipinski definition) is 4. The second-order valence-electron chi connectivity index (χ2n) is 5.70. The Bertz CT molecular complexity index is 1050. The first-order chi connectivity index (χ1) is 12.7. The Morgan fingerprint density at radius 2 is 1.85 bits per heavy atom. The Morgan fingerprint density at radius 3 is 2.69 bits per heavy atom. The maximum absolute atomic E-state index is 12.4. The number of rotatable bonds is 4. The molecule has 0 unspecified atom stereocenters. The maximum atomic E-state index is 12.4. The van der Waals surface area contributed by atoms with E-state index in [9.17, 15) is 4.79 Å². The number of nitrogens with one attached hydrogen (secondary N) is 2. The number of hydrogen-bond donors (Lipinski definition) is 2. The number of imidazole rings is 1. The van der Waals surface area contributed by atoms with Gasteiger partial charge in [-0.1, -0.05) is 24.3 Å². The normalized spacial score (nSPS) is 10.7. The smallest absolute Gasteiger partial charge is 0.256 e. The van der Waals surface area contributed by atoms with Crippen LogP contribution in [0.1, 0.15) is 10.4 Å². The Hall–Kier alpha value is -3.67. The molecule has 0 aliphatic carbocycles. The molecule has 0 aliphatic heterocycles. The second-order valence-corrected chi connectivity index (χ2v) is 5.70. The number of H-pyrrole nitrogens is 1. The van der Waals surface area contributed by atoms with Crippen molar-refractivity contribution in [3.8, 4) is 17.3 Å². The summed E-state index contributed by atoms with van der Waals surface area (Å²) in [4.78, 5) is 24.7. The average molecular weight is 344 g/mol. The fourth-order valence-electron chi connectivity index (χ4n) is 2.66. The Kier molecular flexibility index (Phi) is 4.07.